The Bertz CT molecular complexity index is 848. The van der Waals surface area contributed by atoms with Crippen molar-refractivity contribution >= 4 is 16.8 Å². The van der Waals surface area contributed by atoms with E-state index in [4.69, 9.17) is 5.26 Å². The SMILES string of the molecule is N#CCCC(NC(=O)c1n[nH]c2ccccc12)c1ccccc1. The molecule has 3 aromatic rings. The van der Waals surface area contributed by atoms with Crippen LogP contribution in [0.15, 0.2) is 54.6 Å². The Morgan fingerprint density at radius 2 is 1.91 bits per heavy atom. The van der Waals surface area contributed by atoms with Crippen molar-refractivity contribution < 1.29 is 4.79 Å². The van der Waals surface area contributed by atoms with Gasteiger partial charge in [-0.25, -0.2) is 0 Å². The lowest BCUT2D eigenvalue weighted by Crippen LogP contribution is -2.29. The largest absolute Gasteiger partial charge is 0.344 e. The van der Waals surface area contributed by atoms with E-state index >= 15 is 0 Å². The Kier molecular flexibility index (Phi) is 4.34. The van der Waals surface area contributed by atoms with Crippen LogP contribution in [0.3, 0.4) is 0 Å². The van der Waals surface area contributed by atoms with Crippen LogP contribution in [0.1, 0.15) is 34.9 Å². The van der Waals surface area contributed by atoms with Gasteiger partial charge in [-0.1, -0.05) is 48.5 Å². The molecule has 5 heteroatoms. The van der Waals surface area contributed by atoms with Gasteiger partial charge in [0, 0.05) is 11.8 Å². The minimum absolute atomic E-state index is 0.209. The number of carbonyl (C=O) groups excluding carboxylic acids is 1. The van der Waals surface area contributed by atoms with Crippen LogP contribution in [0.2, 0.25) is 0 Å². The van der Waals surface area contributed by atoms with Crippen LogP contribution in [0.25, 0.3) is 10.9 Å². The standard InChI is InChI=1S/C18H16N4O/c19-12-6-11-15(13-7-2-1-3-8-13)20-18(23)17-14-9-4-5-10-16(14)21-22-17/h1-5,7-10,15H,6,11H2,(H,20,23)(H,21,22). The zero-order valence-electron chi connectivity index (χ0n) is 12.5. The fourth-order valence-corrected chi connectivity index (χ4v) is 2.58. The zero-order chi connectivity index (χ0) is 16.1. The molecule has 1 atom stereocenters. The third kappa shape index (κ3) is 3.22. The summed E-state index contributed by atoms with van der Waals surface area (Å²) in [4.78, 5) is 12.6. The van der Waals surface area contributed by atoms with Crippen LogP contribution in [0, 0.1) is 11.3 Å². The molecule has 1 aromatic heterocycles. The van der Waals surface area contributed by atoms with Gasteiger partial charge in [-0.15, -0.1) is 0 Å². The summed E-state index contributed by atoms with van der Waals surface area (Å²) < 4.78 is 0. The van der Waals surface area contributed by atoms with Gasteiger partial charge in [0.1, 0.15) is 0 Å². The van der Waals surface area contributed by atoms with E-state index in [9.17, 15) is 4.79 Å². The molecule has 2 aromatic carbocycles. The maximum Gasteiger partial charge on any atom is 0.272 e. The highest BCUT2D eigenvalue weighted by atomic mass is 16.2. The molecule has 0 saturated carbocycles. The molecule has 0 spiro atoms. The molecule has 0 saturated heterocycles. The highest BCUT2D eigenvalue weighted by molar-refractivity contribution is 6.04. The molecule has 0 aliphatic carbocycles. The molecule has 3 rings (SSSR count). The van der Waals surface area contributed by atoms with E-state index in [1.165, 1.54) is 0 Å². The van der Waals surface area contributed by atoms with Crippen LogP contribution < -0.4 is 5.32 Å². The number of rotatable bonds is 5. The Labute approximate surface area is 133 Å². The quantitative estimate of drug-likeness (QED) is 0.758. The number of nitrogens with zero attached hydrogens (tertiary/aromatic N) is 2. The Morgan fingerprint density at radius 1 is 1.17 bits per heavy atom. The predicted molar refractivity (Wildman–Crippen MR) is 87.6 cm³/mol. The normalized spacial score (nSPS) is 11.8. The van der Waals surface area contributed by atoms with Crippen molar-refractivity contribution in [2.45, 2.75) is 18.9 Å². The summed E-state index contributed by atoms with van der Waals surface area (Å²) in [6.45, 7) is 0. The van der Waals surface area contributed by atoms with Gasteiger partial charge in [0.05, 0.1) is 17.6 Å². The Balaban J connectivity index is 1.85. The van der Waals surface area contributed by atoms with Crippen molar-refractivity contribution in [1.82, 2.24) is 15.5 Å². The van der Waals surface area contributed by atoms with Gasteiger partial charge in [-0.05, 0) is 18.1 Å². The Morgan fingerprint density at radius 3 is 2.70 bits per heavy atom. The molecule has 0 bridgehead atoms. The number of amides is 1. The molecule has 0 aliphatic rings. The second-order valence-corrected chi connectivity index (χ2v) is 5.25. The molecule has 0 fully saturated rings. The van der Waals surface area contributed by atoms with Crippen molar-refractivity contribution in [2.75, 3.05) is 0 Å². The van der Waals surface area contributed by atoms with Gasteiger partial charge >= 0.3 is 0 Å². The van der Waals surface area contributed by atoms with Crippen LogP contribution in [0.4, 0.5) is 0 Å². The molecule has 1 unspecified atom stereocenters. The number of nitriles is 1. The summed E-state index contributed by atoms with van der Waals surface area (Å²) in [5.41, 5.74) is 2.18. The summed E-state index contributed by atoms with van der Waals surface area (Å²) in [6, 6.07) is 19.1. The number of aromatic nitrogens is 2. The van der Waals surface area contributed by atoms with E-state index in [-0.39, 0.29) is 11.9 Å². The fourth-order valence-electron chi connectivity index (χ4n) is 2.58. The Hall–Kier alpha value is -3.13. The summed E-state index contributed by atoms with van der Waals surface area (Å²) >= 11 is 0. The molecule has 1 amide bonds. The van der Waals surface area contributed by atoms with Gasteiger partial charge < -0.3 is 5.32 Å². The van der Waals surface area contributed by atoms with Gasteiger partial charge in [-0.3, -0.25) is 9.89 Å². The molecule has 0 aliphatic heterocycles. The molecule has 23 heavy (non-hydrogen) atoms. The zero-order valence-corrected chi connectivity index (χ0v) is 12.5. The number of fused-ring (bicyclic) bond motifs is 1. The van der Waals surface area contributed by atoms with Gasteiger partial charge in [-0.2, -0.15) is 10.4 Å². The maximum atomic E-state index is 12.6. The molecular weight excluding hydrogens is 288 g/mol. The average molecular weight is 304 g/mol. The van der Waals surface area contributed by atoms with E-state index in [1.54, 1.807) is 0 Å². The van der Waals surface area contributed by atoms with E-state index < -0.39 is 0 Å². The van der Waals surface area contributed by atoms with E-state index in [0.717, 1.165) is 16.5 Å². The number of aromatic amines is 1. The second kappa shape index (κ2) is 6.75. The summed E-state index contributed by atoms with van der Waals surface area (Å²) in [5, 5.41) is 19.6. The third-order valence-electron chi connectivity index (χ3n) is 3.74. The summed E-state index contributed by atoms with van der Waals surface area (Å²) in [7, 11) is 0. The lowest BCUT2D eigenvalue weighted by atomic mass is 10.0. The van der Waals surface area contributed by atoms with E-state index in [1.807, 2.05) is 54.6 Å². The maximum absolute atomic E-state index is 12.6. The second-order valence-electron chi connectivity index (χ2n) is 5.25. The first-order valence-electron chi connectivity index (χ1n) is 7.45. The van der Waals surface area contributed by atoms with Crippen LogP contribution in [0.5, 0.6) is 0 Å². The third-order valence-corrected chi connectivity index (χ3v) is 3.74. The number of hydrogen-bond donors (Lipinski definition) is 2. The summed E-state index contributed by atoms with van der Waals surface area (Å²) in [5.74, 6) is -0.241. The predicted octanol–water partition coefficient (Wildman–Crippen LogP) is 3.34. The first-order chi connectivity index (χ1) is 11.3. The highest BCUT2D eigenvalue weighted by Crippen LogP contribution is 2.20. The minimum atomic E-state index is -0.241. The first-order valence-corrected chi connectivity index (χ1v) is 7.45. The van der Waals surface area contributed by atoms with Crippen molar-refractivity contribution in [2.24, 2.45) is 0 Å². The van der Waals surface area contributed by atoms with Crippen molar-refractivity contribution in [3.8, 4) is 6.07 Å². The fraction of sp³-hybridized carbons (Fsp3) is 0.167. The number of hydrogen-bond acceptors (Lipinski definition) is 3. The number of benzene rings is 2. The van der Waals surface area contributed by atoms with Crippen LogP contribution in [-0.4, -0.2) is 16.1 Å². The summed E-state index contributed by atoms with van der Waals surface area (Å²) in [6.07, 6.45) is 0.940. The molecule has 0 radical (unpaired) electrons. The molecule has 114 valence electrons. The smallest absolute Gasteiger partial charge is 0.272 e. The van der Waals surface area contributed by atoms with Gasteiger partial charge in [0.25, 0.3) is 5.91 Å². The van der Waals surface area contributed by atoms with Gasteiger partial charge in [0.2, 0.25) is 0 Å². The molecule has 1 heterocycles. The van der Waals surface area contributed by atoms with Crippen molar-refractivity contribution in [3.63, 3.8) is 0 Å². The lowest BCUT2D eigenvalue weighted by molar-refractivity contribution is 0.0931. The van der Waals surface area contributed by atoms with Crippen LogP contribution >= 0.6 is 0 Å². The molecule has 5 nitrogen and oxygen atoms in total. The molecular formula is C18H16N4O. The number of para-hydroxylation sites is 1. The lowest BCUT2D eigenvalue weighted by Gasteiger charge is -2.17. The van der Waals surface area contributed by atoms with E-state index in [0.29, 0.717) is 18.5 Å². The van der Waals surface area contributed by atoms with E-state index in [2.05, 4.69) is 21.6 Å². The highest BCUT2D eigenvalue weighted by Gasteiger charge is 2.19. The average Bonchev–Trinajstić information content (AvgIpc) is 3.03. The number of nitrogens with one attached hydrogen (secondary N) is 2. The minimum Gasteiger partial charge on any atom is -0.344 e. The van der Waals surface area contributed by atoms with Gasteiger partial charge in [0.15, 0.2) is 5.69 Å². The number of carbonyl (C=O) groups is 1. The topological polar surface area (TPSA) is 81.6 Å². The number of H-pyrrole nitrogens is 1. The van der Waals surface area contributed by atoms with Crippen molar-refractivity contribution in [3.05, 3.63) is 65.9 Å². The first kappa shape index (κ1) is 14.8. The van der Waals surface area contributed by atoms with Crippen LogP contribution in [-0.2, 0) is 0 Å². The molecule has 2 N–H and O–H groups in total. The monoisotopic (exact) mass is 304 g/mol. The van der Waals surface area contributed by atoms with Crippen molar-refractivity contribution in [1.29, 1.82) is 5.26 Å².